The average molecular weight is 384 g/mol. The molecule has 0 unspecified atom stereocenters. The third kappa shape index (κ3) is 4.53. The Hall–Kier alpha value is -1.67. The van der Waals surface area contributed by atoms with Gasteiger partial charge in [-0.15, -0.1) is 0 Å². The van der Waals surface area contributed by atoms with Crippen LogP contribution in [0.3, 0.4) is 0 Å². The van der Waals surface area contributed by atoms with Gasteiger partial charge in [-0.05, 0) is 51.0 Å². The molecule has 142 valence electrons. The Morgan fingerprint density at radius 2 is 1.27 bits per heavy atom. The Kier molecular flexibility index (Phi) is 6.62. The Balaban J connectivity index is 2.42. The SMILES string of the molecule is CC(C)OC(O[SiH3])(OC(C)C)c1ccc(-c2cc(F)c(F)c(F)c2)cc1. The molecule has 0 bridgehead atoms. The molecule has 0 aliphatic carbocycles. The van der Waals surface area contributed by atoms with Gasteiger partial charge >= 0.3 is 5.97 Å². The van der Waals surface area contributed by atoms with Crippen molar-refractivity contribution in [3.8, 4) is 11.1 Å². The van der Waals surface area contributed by atoms with Crippen molar-refractivity contribution in [2.75, 3.05) is 0 Å². The molecule has 2 rings (SSSR count). The first-order valence-corrected chi connectivity index (χ1v) is 9.16. The van der Waals surface area contributed by atoms with Crippen molar-refractivity contribution in [2.24, 2.45) is 0 Å². The van der Waals surface area contributed by atoms with Crippen molar-refractivity contribution in [3.05, 3.63) is 59.4 Å². The van der Waals surface area contributed by atoms with Crippen LogP contribution in [0.2, 0.25) is 0 Å². The molecular weight excluding hydrogens is 361 g/mol. The molecule has 0 N–H and O–H groups in total. The molecule has 2 aromatic rings. The predicted molar refractivity (Wildman–Crippen MR) is 96.9 cm³/mol. The van der Waals surface area contributed by atoms with Gasteiger partial charge in [0.05, 0.1) is 12.2 Å². The van der Waals surface area contributed by atoms with Crippen LogP contribution >= 0.6 is 0 Å². The minimum absolute atomic E-state index is 0.150. The summed E-state index contributed by atoms with van der Waals surface area (Å²) in [6.07, 6.45) is -0.301. The molecule has 3 nitrogen and oxygen atoms in total. The largest absolute Gasteiger partial charge is 0.376 e. The van der Waals surface area contributed by atoms with E-state index < -0.39 is 23.4 Å². The topological polar surface area (TPSA) is 27.7 Å². The highest BCUT2D eigenvalue weighted by Gasteiger charge is 2.36. The van der Waals surface area contributed by atoms with Crippen molar-refractivity contribution >= 4 is 10.5 Å². The first-order chi connectivity index (χ1) is 12.2. The van der Waals surface area contributed by atoms with Gasteiger partial charge in [-0.25, -0.2) is 13.2 Å². The molecule has 0 heterocycles. The molecule has 0 radical (unpaired) electrons. The Bertz CT molecular complexity index is 715. The van der Waals surface area contributed by atoms with Gasteiger partial charge in [0.25, 0.3) is 0 Å². The average Bonchev–Trinajstić information content (AvgIpc) is 2.57. The number of halogens is 3. The van der Waals surface area contributed by atoms with E-state index in [1.165, 1.54) is 0 Å². The van der Waals surface area contributed by atoms with Crippen molar-refractivity contribution in [1.82, 2.24) is 0 Å². The number of ether oxygens (including phenoxy) is 2. The van der Waals surface area contributed by atoms with Crippen LogP contribution in [0.5, 0.6) is 0 Å². The van der Waals surface area contributed by atoms with Crippen molar-refractivity contribution < 1.29 is 27.1 Å². The van der Waals surface area contributed by atoms with Gasteiger partial charge in [0, 0.05) is 5.56 Å². The highest BCUT2D eigenvalue weighted by molar-refractivity contribution is 5.98. The minimum atomic E-state index is -1.48. The van der Waals surface area contributed by atoms with Crippen molar-refractivity contribution in [3.63, 3.8) is 0 Å². The summed E-state index contributed by atoms with van der Waals surface area (Å²) in [4.78, 5) is 0. The van der Waals surface area contributed by atoms with Crippen LogP contribution in [-0.4, -0.2) is 22.7 Å². The van der Waals surface area contributed by atoms with Crippen LogP contribution in [-0.2, 0) is 19.9 Å². The Morgan fingerprint density at radius 1 is 0.808 bits per heavy atom. The number of hydrogen-bond donors (Lipinski definition) is 0. The summed E-state index contributed by atoms with van der Waals surface area (Å²) in [6, 6.07) is 8.64. The third-order valence-electron chi connectivity index (χ3n) is 3.61. The first kappa shape index (κ1) is 20.6. The Morgan fingerprint density at radius 3 is 1.65 bits per heavy atom. The molecule has 0 amide bonds. The van der Waals surface area contributed by atoms with E-state index in [4.69, 9.17) is 13.9 Å². The summed E-state index contributed by atoms with van der Waals surface area (Å²) in [6.45, 7) is 7.49. The molecule has 26 heavy (non-hydrogen) atoms. The van der Waals surface area contributed by atoms with Gasteiger partial charge in [0.2, 0.25) is 0 Å². The summed E-state index contributed by atoms with van der Waals surface area (Å²) < 4.78 is 57.5. The maximum Gasteiger partial charge on any atom is 0.302 e. The molecule has 0 saturated heterocycles. The zero-order valence-electron chi connectivity index (χ0n) is 15.5. The van der Waals surface area contributed by atoms with Gasteiger partial charge in [-0.1, -0.05) is 24.3 Å². The second-order valence-electron chi connectivity index (χ2n) is 6.42. The standard InChI is InChI=1S/C19H23F3O3Si/c1-11(2)23-19(25-26,24-12(3)4)15-7-5-13(6-8-15)14-9-16(20)18(22)17(21)10-14/h5-12H,1-4,26H3. The van der Waals surface area contributed by atoms with E-state index in [1.54, 1.807) is 24.3 Å². The van der Waals surface area contributed by atoms with Crippen LogP contribution in [0.4, 0.5) is 13.2 Å². The lowest BCUT2D eigenvalue weighted by molar-refractivity contribution is -0.378. The van der Waals surface area contributed by atoms with E-state index in [1.807, 2.05) is 27.7 Å². The summed E-state index contributed by atoms with van der Waals surface area (Å²) in [5.74, 6) is -5.28. The zero-order chi connectivity index (χ0) is 19.5. The smallest absolute Gasteiger partial charge is 0.302 e. The fourth-order valence-corrected chi connectivity index (χ4v) is 3.02. The van der Waals surface area contributed by atoms with Gasteiger partial charge in [0.15, 0.2) is 27.9 Å². The summed E-state index contributed by atoms with van der Waals surface area (Å²) in [7, 11) is 0.371. The van der Waals surface area contributed by atoms with E-state index >= 15 is 0 Å². The van der Waals surface area contributed by atoms with Crippen molar-refractivity contribution in [2.45, 2.75) is 45.9 Å². The fraction of sp³-hybridized carbons (Fsp3) is 0.368. The first-order valence-electron chi connectivity index (χ1n) is 8.34. The van der Waals surface area contributed by atoms with E-state index in [-0.39, 0.29) is 17.8 Å². The fourth-order valence-electron chi connectivity index (χ4n) is 2.59. The molecule has 0 saturated carbocycles. The number of benzene rings is 2. The lowest BCUT2D eigenvalue weighted by Gasteiger charge is -2.36. The van der Waals surface area contributed by atoms with Gasteiger partial charge in [0.1, 0.15) is 0 Å². The summed E-state index contributed by atoms with van der Waals surface area (Å²) in [5, 5.41) is 0. The molecule has 0 spiro atoms. The quantitative estimate of drug-likeness (QED) is 0.410. The molecule has 0 aliphatic rings. The second-order valence-corrected chi connectivity index (χ2v) is 6.83. The monoisotopic (exact) mass is 384 g/mol. The number of rotatable bonds is 7. The highest BCUT2D eigenvalue weighted by Crippen LogP contribution is 2.33. The van der Waals surface area contributed by atoms with Crippen LogP contribution in [0, 0.1) is 17.5 Å². The van der Waals surface area contributed by atoms with Crippen molar-refractivity contribution in [1.29, 1.82) is 0 Å². The van der Waals surface area contributed by atoms with E-state index in [2.05, 4.69) is 0 Å². The zero-order valence-corrected chi connectivity index (χ0v) is 17.5. The van der Waals surface area contributed by atoms with E-state index in [0.717, 1.165) is 12.1 Å². The summed E-state index contributed by atoms with van der Waals surface area (Å²) in [5.41, 5.74) is 1.39. The second kappa shape index (κ2) is 8.35. The summed E-state index contributed by atoms with van der Waals surface area (Å²) >= 11 is 0. The highest BCUT2D eigenvalue weighted by atomic mass is 28.2. The van der Waals surface area contributed by atoms with Gasteiger partial charge in [-0.3, -0.25) is 0 Å². The Labute approximate surface area is 154 Å². The maximum atomic E-state index is 13.5. The third-order valence-corrected chi connectivity index (χ3v) is 4.14. The van der Waals surface area contributed by atoms with Crippen LogP contribution in [0.15, 0.2) is 36.4 Å². The minimum Gasteiger partial charge on any atom is -0.376 e. The molecule has 2 aromatic carbocycles. The lowest BCUT2D eigenvalue weighted by Crippen LogP contribution is -2.40. The van der Waals surface area contributed by atoms with Gasteiger partial charge in [-0.2, -0.15) is 0 Å². The predicted octanol–water partition coefficient (Wildman–Crippen LogP) is 4.03. The van der Waals surface area contributed by atoms with Crippen LogP contribution in [0.25, 0.3) is 11.1 Å². The molecular formula is C19H23F3O3Si. The molecule has 0 atom stereocenters. The molecule has 0 aromatic heterocycles. The number of hydrogen-bond acceptors (Lipinski definition) is 3. The maximum absolute atomic E-state index is 13.5. The van der Waals surface area contributed by atoms with Gasteiger partial charge < -0.3 is 13.9 Å². The molecule has 0 fully saturated rings. The molecule has 0 aliphatic heterocycles. The lowest BCUT2D eigenvalue weighted by atomic mass is 10.0. The van der Waals surface area contributed by atoms with Crippen LogP contribution in [0.1, 0.15) is 33.3 Å². The van der Waals surface area contributed by atoms with E-state index in [0.29, 0.717) is 21.6 Å². The normalized spacial score (nSPS) is 12.3. The van der Waals surface area contributed by atoms with E-state index in [9.17, 15) is 13.2 Å². The molecule has 7 heteroatoms. The van der Waals surface area contributed by atoms with Crippen LogP contribution < -0.4 is 0 Å².